The van der Waals surface area contributed by atoms with E-state index in [9.17, 15) is 4.21 Å². The number of anilines is 1. The molecule has 2 aromatic rings. The number of nitrogens with one attached hydrogen (secondary N) is 1. The molecule has 0 unspecified atom stereocenters. The van der Waals surface area contributed by atoms with Gasteiger partial charge in [-0.3, -0.25) is 4.21 Å². The lowest BCUT2D eigenvalue weighted by Gasteiger charge is -2.23. The third-order valence-electron chi connectivity index (χ3n) is 3.30. The SMILES string of the molecule is O=S1CCC(Nc2cccc(-c3nccs3)c2)CC1. The second kappa shape index (κ2) is 5.84. The van der Waals surface area contributed by atoms with E-state index in [-0.39, 0.29) is 0 Å². The Bertz CT molecular complexity index is 559. The molecule has 0 bridgehead atoms. The first kappa shape index (κ1) is 12.8. The summed E-state index contributed by atoms with van der Waals surface area (Å²) in [4.78, 5) is 4.33. The average molecular weight is 292 g/mol. The Kier molecular flexibility index (Phi) is 3.94. The highest BCUT2D eigenvalue weighted by molar-refractivity contribution is 7.85. The normalized spacial score (nSPS) is 23.2. The first-order chi connectivity index (χ1) is 9.31. The van der Waals surface area contributed by atoms with Crippen molar-refractivity contribution in [1.82, 2.24) is 4.98 Å². The molecule has 3 nitrogen and oxygen atoms in total. The molecule has 0 amide bonds. The van der Waals surface area contributed by atoms with E-state index in [1.54, 1.807) is 11.3 Å². The van der Waals surface area contributed by atoms with Crippen molar-refractivity contribution in [2.45, 2.75) is 18.9 Å². The van der Waals surface area contributed by atoms with Crippen molar-refractivity contribution in [3.05, 3.63) is 35.8 Å². The van der Waals surface area contributed by atoms with Crippen molar-refractivity contribution >= 4 is 27.8 Å². The fraction of sp³-hybridized carbons (Fsp3) is 0.357. The Balaban J connectivity index is 1.71. The number of thiazole rings is 1. The van der Waals surface area contributed by atoms with Gasteiger partial charge in [0.15, 0.2) is 0 Å². The molecule has 1 aliphatic rings. The van der Waals surface area contributed by atoms with Gasteiger partial charge in [0.25, 0.3) is 0 Å². The van der Waals surface area contributed by atoms with E-state index in [1.165, 1.54) is 0 Å². The molecule has 100 valence electrons. The van der Waals surface area contributed by atoms with Crippen LogP contribution in [-0.2, 0) is 10.8 Å². The first-order valence-electron chi connectivity index (χ1n) is 6.43. The quantitative estimate of drug-likeness (QED) is 0.945. The predicted octanol–water partition coefficient (Wildman–Crippen LogP) is 3.13. The van der Waals surface area contributed by atoms with Crippen LogP contribution in [0.2, 0.25) is 0 Å². The topological polar surface area (TPSA) is 42.0 Å². The molecule has 0 atom stereocenters. The number of nitrogens with zero attached hydrogens (tertiary/aromatic N) is 1. The van der Waals surface area contributed by atoms with E-state index in [4.69, 9.17) is 0 Å². The molecule has 2 heterocycles. The van der Waals surface area contributed by atoms with E-state index >= 15 is 0 Å². The van der Waals surface area contributed by atoms with Gasteiger partial charge in [-0.15, -0.1) is 11.3 Å². The van der Waals surface area contributed by atoms with Gasteiger partial charge in [-0.25, -0.2) is 4.98 Å². The highest BCUT2D eigenvalue weighted by atomic mass is 32.2. The molecular formula is C14H16N2OS2. The van der Waals surface area contributed by atoms with E-state index in [2.05, 4.69) is 34.6 Å². The van der Waals surface area contributed by atoms with Crippen molar-refractivity contribution in [2.75, 3.05) is 16.8 Å². The van der Waals surface area contributed by atoms with Crippen LogP contribution >= 0.6 is 11.3 Å². The fourth-order valence-electron chi connectivity index (χ4n) is 2.28. The van der Waals surface area contributed by atoms with Gasteiger partial charge in [0.1, 0.15) is 5.01 Å². The van der Waals surface area contributed by atoms with Crippen LogP contribution in [0.3, 0.4) is 0 Å². The van der Waals surface area contributed by atoms with Crippen LogP contribution < -0.4 is 5.32 Å². The van der Waals surface area contributed by atoms with Crippen LogP contribution in [0.4, 0.5) is 5.69 Å². The number of rotatable bonds is 3. The van der Waals surface area contributed by atoms with Crippen LogP contribution in [0, 0.1) is 0 Å². The summed E-state index contributed by atoms with van der Waals surface area (Å²) in [6.45, 7) is 0. The van der Waals surface area contributed by atoms with Gasteiger partial charge in [0.2, 0.25) is 0 Å². The number of hydrogen-bond acceptors (Lipinski definition) is 4. The van der Waals surface area contributed by atoms with Crippen molar-refractivity contribution in [3.8, 4) is 10.6 Å². The molecule has 0 radical (unpaired) electrons. The van der Waals surface area contributed by atoms with Crippen molar-refractivity contribution < 1.29 is 4.21 Å². The standard InChI is InChI=1S/C14H16N2OS2/c17-19-8-4-12(5-9-19)16-13-3-1-2-11(10-13)14-15-6-7-18-14/h1-3,6-7,10,12,16H,4-5,8-9H2. The summed E-state index contributed by atoms with van der Waals surface area (Å²) >= 11 is 1.65. The predicted molar refractivity (Wildman–Crippen MR) is 82.1 cm³/mol. The van der Waals surface area contributed by atoms with E-state index in [0.29, 0.717) is 6.04 Å². The van der Waals surface area contributed by atoms with Gasteiger partial charge in [-0.05, 0) is 25.0 Å². The molecule has 1 aromatic carbocycles. The summed E-state index contributed by atoms with van der Waals surface area (Å²) < 4.78 is 11.3. The maximum atomic E-state index is 11.3. The molecule has 0 spiro atoms. The van der Waals surface area contributed by atoms with Crippen LogP contribution in [0.1, 0.15) is 12.8 Å². The van der Waals surface area contributed by atoms with Gasteiger partial charge in [-0.2, -0.15) is 0 Å². The minimum atomic E-state index is -0.596. The molecule has 0 saturated carbocycles. The third-order valence-corrected chi connectivity index (χ3v) is 5.50. The van der Waals surface area contributed by atoms with E-state index in [0.717, 1.165) is 40.6 Å². The van der Waals surface area contributed by atoms with Crippen LogP contribution in [0.25, 0.3) is 10.6 Å². The highest BCUT2D eigenvalue weighted by Crippen LogP contribution is 2.25. The summed E-state index contributed by atoms with van der Waals surface area (Å²) in [5.74, 6) is 1.65. The molecule has 1 N–H and O–H groups in total. The van der Waals surface area contributed by atoms with E-state index in [1.807, 2.05) is 11.6 Å². The van der Waals surface area contributed by atoms with Crippen LogP contribution in [-0.4, -0.2) is 26.7 Å². The third kappa shape index (κ3) is 3.22. The molecular weight excluding hydrogens is 276 g/mol. The minimum absolute atomic E-state index is 0.448. The molecule has 5 heteroatoms. The number of hydrogen-bond donors (Lipinski definition) is 1. The zero-order chi connectivity index (χ0) is 13.1. The largest absolute Gasteiger partial charge is 0.382 e. The van der Waals surface area contributed by atoms with Gasteiger partial charge in [0, 0.05) is 51.2 Å². The van der Waals surface area contributed by atoms with Gasteiger partial charge in [-0.1, -0.05) is 12.1 Å². The Hall–Kier alpha value is -1.20. The lowest BCUT2D eigenvalue weighted by atomic mass is 10.1. The van der Waals surface area contributed by atoms with Crippen molar-refractivity contribution in [1.29, 1.82) is 0 Å². The zero-order valence-corrected chi connectivity index (χ0v) is 12.2. The Labute approximate surface area is 119 Å². The van der Waals surface area contributed by atoms with Crippen molar-refractivity contribution in [3.63, 3.8) is 0 Å². The monoisotopic (exact) mass is 292 g/mol. The van der Waals surface area contributed by atoms with Gasteiger partial charge in [0.05, 0.1) is 0 Å². The number of benzene rings is 1. The molecule has 1 fully saturated rings. The summed E-state index contributed by atoms with van der Waals surface area (Å²) in [5, 5.41) is 6.59. The van der Waals surface area contributed by atoms with Gasteiger partial charge >= 0.3 is 0 Å². The zero-order valence-electron chi connectivity index (χ0n) is 10.5. The Morgan fingerprint density at radius 1 is 1.32 bits per heavy atom. The molecule has 3 rings (SSSR count). The maximum absolute atomic E-state index is 11.3. The molecule has 19 heavy (non-hydrogen) atoms. The lowest BCUT2D eigenvalue weighted by molar-refractivity contribution is 0.624. The second-order valence-electron chi connectivity index (χ2n) is 4.68. The Morgan fingerprint density at radius 2 is 2.16 bits per heavy atom. The van der Waals surface area contributed by atoms with Crippen LogP contribution in [0.5, 0.6) is 0 Å². The number of aromatic nitrogens is 1. The minimum Gasteiger partial charge on any atom is -0.382 e. The smallest absolute Gasteiger partial charge is 0.123 e. The maximum Gasteiger partial charge on any atom is 0.123 e. The van der Waals surface area contributed by atoms with Crippen LogP contribution in [0.15, 0.2) is 35.8 Å². The second-order valence-corrected chi connectivity index (χ2v) is 7.28. The van der Waals surface area contributed by atoms with Gasteiger partial charge < -0.3 is 5.32 Å². The highest BCUT2D eigenvalue weighted by Gasteiger charge is 2.17. The lowest BCUT2D eigenvalue weighted by Crippen LogP contribution is -2.29. The molecule has 1 aromatic heterocycles. The summed E-state index contributed by atoms with van der Waals surface area (Å²) in [5.41, 5.74) is 2.28. The fourth-order valence-corrected chi connectivity index (χ4v) is 4.22. The average Bonchev–Trinajstić information content (AvgIpc) is 2.96. The summed E-state index contributed by atoms with van der Waals surface area (Å²) in [7, 11) is -0.596. The Morgan fingerprint density at radius 3 is 2.89 bits per heavy atom. The first-order valence-corrected chi connectivity index (χ1v) is 8.79. The van der Waals surface area contributed by atoms with E-state index < -0.39 is 10.8 Å². The van der Waals surface area contributed by atoms with Crippen molar-refractivity contribution in [2.24, 2.45) is 0 Å². The summed E-state index contributed by atoms with van der Waals surface area (Å²) in [6.07, 6.45) is 3.82. The molecule has 1 aliphatic heterocycles. The molecule has 0 aliphatic carbocycles. The summed E-state index contributed by atoms with van der Waals surface area (Å²) in [6, 6.07) is 8.82. The molecule has 1 saturated heterocycles.